The molecule has 76 valence electrons. The van der Waals surface area contributed by atoms with E-state index in [4.69, 9.17) is 0 Å². The summed E-state index contributed by atoms with van der Waals surface area (Å²) in [6, 6.07) is 3.05. The minimum absolute atomic E-state index is 0.134. The highest BCUT2D eigenvalue weighted by atomic mass is 19.1. The van der Waals surface area contributed by atoms with Crippen LogP contribution in [-0.2, 0) is 0 Å². The van der Waals surface area contributed by atoms with Crippen molar-refractivity contribution in [2.75, 3.05) is 5.32 Å². The number of aromatic nitrogens is 1. The SMILES string of the molecule is CC1(O)CC(Nc2ncccc2F)C1. The fourth-order valence-corrected chi connectivity index (χ4v) is 1.79. The van der Waals surface area contributed by atoms with Gasteiger partial charge in [0.2, 0.25) is 0 Å². The number of rotatable bonds is 2. The van der Waals surface area contributed by atoms with Crippen molar-refractivity contribution in [1.82, 2.24) is 4.98 Å². The third-order valence-corrected chi connectivity index (χ3v) is 2.47. The molecule has 3 nitrogen and oxygen atoms in total. The van der Waals surface area contributed by atoms with Crippen LogP contribution < -0.4 is 5.32 Å². The summed E-state index contributed by atoms with van der Waals surface area (Å²) in [7, 11) is 0. The van der Waals surface area contributed by atoms with E-state index in [1.807, 2.05) is 0 Å². The van der Waals surface area contributed by atoms with E-state index in [0.29, 0.717) is 12.8 Å². The van der Waals surface area contributed by atoms with Gasteiger partial charge in [-0.2, -0.15) is 0 Å². The highest BCUT2D eigenvalue weighted by Gasteiger charge is 2.38. The van der Waals surface area contributed by atoms with Crippen molar-refractivity contribution in [3.63, 3.8) is 0 Å². The summed E-state index contributed by atoms with van der Waals surface area (Å²) in [5.74, 6) is -0.0768. The summed E-state index contributed by atoms with van der Waals surface area (Å²) in [6.45, 7) is 1.78. The Morgan fingerprint density at radius 2 is 2.36 bits per heavy atom. The summed E-state index contributed by atoms with van der Waals surface area (Å²) in [6.07, 6.45) is 2.83. The van der Waals surface area contributed by atoms with Gasteiger partial charge in [-0.1, -0.05) is 0 Å². The molecular formula is C10H13FN2O. The topological polar surface area (TPSA) is 45.1 Å². The molecule has 2 N–H and O–H groups in total. The second-order valence-electron chi connectivity index (χ2n) is 4.08. The molecule has 1 fully saturated rings. The van der Waals surface area contributed by atoms with Crippen LogP contribution >= 0.6 is 0 Å². The van der Waals surface area contributed by atoms with Crippen molar-refractivity contribution < 1.29 is 9.50 Å². The maximum Gasteiger partial charge on any atom is 0.165 e. The molecule has 1 aromatic heterocycles. The molecule has 0 saturated heterocycles. The van der Waals surface area contributed by atoms with Gasteiger partial charge in [0.25, 0.3) is 0 Å². The van der Waals surface area contributed by atoms with Crippen molar-refractivity contribution in [3.8, 4) is 0 Å². The Kier molecular flexibility index (Phi) is 2.15. The lowest BCUT2D eigenvalue weighted by Crippen LogP contribution is -2.48. The zero-order valence-corrected chi connectivity index (χ0v) is 8.00. The lowest BCUT2D eigenvalue weighted by molar-refractivity contribution is -0.0235. The van der Waals surface area contributed by atoms with Gasteiger partial charge in [-0.05, 0) is 31.9 Å². The first-order valence-corrected chi connectivity index (χ1v) is 4.66. The van der Waals surface area contributed by atoms with Gasteiger partial charge in [-0.15, -0.1) is 0 Å². The fourth-order valence-electron chi connectivity index (χ4n) is 1.79. The number of nitrogens with one attached hydrogen (secondary N) is 1. The molecule has 0 atom stereocenters. The monoisotopic (exact) mass is 196 g/mol. The van der Waals surface area contributed by atoms with E-state index in [-0.39, 0.29) is 17.7 Å². The van der Waals surface area contributed by atoms with Gasteiger partial charge in [0.05, 0.1) is 5.60 Å². The van der Waals surface area contributed by atoms with Gasteiger partial charge in [0.15, 0.2) is 11.6 Å². The lowest BCUT2D eigenvalue weighted by atomic mass is 9.77. The maximum atomic E-state index is 13.1. The van der Waals surface area contributed by atoms with Gasteiger partial charge >= 0.3 is 0 Å². The van der Waals surface area contributed by atoms with E-state index in [1.165, 1.54) is 6.07 Å². The van der Waals surface area contributed by atoms with E-state index in [9.17, 15) is 9.50 Å². The summed E-state index contributed by atoms with van der Waals surface area (Å²) in [4.78, 5) is 3.88. The number of nitrogens with zero attached hydrogens (tertiary/aromatic N) is 1. The van der Waals surface area contributed by atoms with Crippen LogP contribution in [-0.4, -0.2) is 21.7 Å². The predicted molar refractivity (Wildman–Crippen MR) is 51.5 cm³/mol. The highest BCUT2D eigenvalue weighted by Crippen LogP contribution is 2.33. The molecule has 0 radical (unpaired) electrons. The number of halogens is 1. The fraction of sp³-hybridized carbons (Fsp3) is 0.500. The van der Waals surface area contributed by atoms with E-state index in [0.717, 1.165) is 0 Å². The molecule has 2 rings (SSSR count). The Morgan fingerprint density at radius 1 is 1.64 bits per heavy atom. The molecule has 1 heterocycles. The molecule has 1 aliphatic carbocycles. The maximum absolute atomic E-state index is 13.1. The average Bonchev–Trinajstić information content (AvgIpc) is 2.05. The quantitative estimate of drug-likeness (QED) is 0.754. The van der Waals surface area contributed by atoms with Crippen molar-refractivity contribution in [3.05, 3.63) is 24.1 Å². The first-order chi connectivity index (χ1) is 6.57. The largest absolute Gasteiger partial charge is 0.390 e. The number of hydrogen-bond donors (Lipinski definition) is 2. The van der Waals surface area contributed by atoms with Crippen LogP contribution in [0.5, 0.6) is 0 Å². The molecule has 0 amide bonds. The second kappa shape index (κ2) is 3.20. The Bertz CT molecular complexity index is 333. The summed E-state index contributed by atoms with van der Waals surface area (Å²) >= 11 is 0. The summed E-state index contributed by atoms with van der Waals surface area (Å²) < 4.78 is 13.1. The smallest absolute Gasteiger partial charge is 0.165 e. The predicted octanol–water partition coefficient (Wildman–Crippen LogP) is 1.55. The third kappa shape index (κ3) is 1.85. The van der Waals surface area contributed by atoms with Gasteiger partial charge < -0.3 is 10.4 Å². The first-order valence-electron chi connectivity index (χ1n) is 4.66. The summed E-state index contributed by atoms with van der Waals surface area (Å²) in [5, 5.41) is 12.4. The van der Waals surface area contributed by atoms with Crippen molar-refractivity contribution in [1.29, 1.82) is 0 Å². The van der Waals surface area contributed by atoms with Gasteiger partial charge in [0, 0.05) is 12.2 Å². The molecule has 0 unspecified atom stereocenters. The zero-order valence-electron chi connectivity index (χ0n) is 8.00. The minimum atomic E-state index is -0.594. The average molecular weight is 196 g/mol. The molecule has 0 aliphatic heterocycles. The number of pyridine rings is 1. The van der Waals surface area contributed by atoms with Crippen LogP contribution in [0.4, 0.5) is 10.2 Å². The van der Waals surface area contributed by atoms with E-state index >= 15 is 0 Å². The van der Waals surface area contributed by atoms with Crippen LogP contribution in [0.1, 0.15) is 19.8 Å². The molecule has 1 aliphatic rings. The Morgan fingerprint density at radius 3 is 2.93 bits per heavy atom. The summed E-state index contributed by atoms with van der Waals surface area (Å²) in [5.41, 5.74) is -0.594. The van der Waals surface area contributed by atoms with Crippen LogP contribution in [0, 0.1) is 5.82 Å². The lowest BCUT2D eigenvalue weighted by Gasteiger charge is -2.41. The van der Waals surface area contributed by atoms with Crippen LogP contribution in [0.15, 0.2) is 18.3 Å². The van der Waals surface area contributed by atoms with Gasteiger partial charge in [0.1, 0.15) is 0 Å². The highest BCUT2D eigenvalue weighted by molar-refractivity contribution is 5.37. The molecule has 0 bridgehead atoms. The van der Waals surface area contributed by atoms with E-state index in [2.05, 4.69) is 10.3 Å². The van der Waals surface area contributed by atoms with Crippen LogP contribution in [0.25, 0.3) is 0 Å². The molecule has 14 heavy (non-hydrogen) atoms. The minimum Gasteiger partial charge on any atom is -0.390 e. The molecule has 1 aromatic rings. The standard InChI is InChI=1S/C10H13FN2O/c1-10(14)5-7(6-10)13-9-8(11)3-2-4-12-9/h2-4,7,14H,5-6H2,1H3,(H,12,13). The molecule has 4 heteroatoms. The third-order valence-electron chi connectivity index (χ3n) is 2.47. The van der Waals surface area contributed by atoms with Crippen LogP contribution in [0.3, 0.4) is 0 Å². The van der Waals surface area contributed by atoms with Crippen molar-refractivity contribution >= 4 is 5.82 Å². The molecule has 0 spiro atoms. The number of aliphatic hydroxyl groups is 1. The molecular weight excluding hydrogens is 183 g/mol. The van der Waals surface area contributed by atoms with Gasteiger partial charge in [-0.25, -0.2) is 9.37 Å². The normalized spacial score (nSPS) is 30.9. The zero-order chi connectivity index (χ0) is 10.2. The Balaban J connectivity index is 1.97. The van der Waals surface area contributed by atoms with Gasteiger partial charge in [-0.3, -0.25) is 0 Å². The molecule has 0 aromatic carbocycles. The van der Waals surface area contributed by atoms with Crippen molar-refractivity contribution in [2.24, 2.45) is 0 Å². The van der Waals surface area contributed by atoms with Crippen LogP contribution in [0.2, 0.25) is 0 Å². The Labute approximate surface area is 82.0 Å². The molecule has 1 saturated carbocycles. The number of anilines is 1. The number of hydrogen-bond acceptors (Lipinski definition) is 3. The van der Waals surface area contributed by atoms with E-state index in [1.54, 1.807) is 19.2 Å². The Hall–Kier alpha value is -1.16. The second-order valence-corrected chi connectivity index (χ2v) is 4.08. The van der Waals surface area contributed by atoms with E-state index < -0.39 is 5.60 Å². The first kappa shape index (κ1) is 9.40. The van der Waals surface area contributed by atoms with Crippen molar-refractivity contribution in [2.45, 2.75) is 31.4 Å².